The Hall–Kier alpha value is -1.98. The fourth-order valence-electron chi connectivity index (χ4n) is 1.88. The molecule has 1 saturated heterocycles. The maximum absolute atomic E-state index is 13.0. The van der Waals surface area contributed by atoms with E-state index in [1.807, 2.05) is 0 Å². The minimum absolute atomic E-state index is 0.0108. The summed E-state index contributed by atoms with van der Waals surface area (Å²) < 4.78 is 26.0. The van der Waals surface area contributed by atoms with Crippen LogP contribution in [0.1, 0.15) is 27.1 Å². The van der Waals surface area contributed by atoms with E-state index in [2.05, 4.69) is 0 Å². The number of halogens is 2. The Bertz CT molecular complexity index is 502. The van der Waals surface area contributed by atoms with Crippen LogP contribution < -0.4 is 0 Å². The number of carboxylic acid groups (broad SMARTS) is 1. The highest BCUT2D eigenvalue weighted by atomic mass is 19.3. The van der Waals surface area contributed by atoms with Gasteiger partial charge in [-0.05, 0) is 18.2 Å². The molecule has 1 heterocycles. The standard InChI is InChI=1S/C12H11F2NO3/c13-12(14)4-5-15(7-12)10(16)8-2-1-3-9(6-8)11(17)18/h1-3,6H,4-5,7H2,(H,17,18). The summed E-state index contributed by atoms with van der Waals surface area (Å²) in [5, 5.41) is 8.79. The summed E-state index contributed by atoms with van der Waals surface area (Å²) in [5.41, 5.74) is 0.0828. The van der Waals surface area contributed by atoms with E-state index < -0.39 is 24.3 Å². The number of aromatic carboxylic acids is 1. The Morgan fingerprint density at radius 3 is 2.50 bits per heavy atom. The first-order valence-corrected chi connectivity index (χ1v) is 5.39. The van der Waals surface area contributed by atoms with Crippen molar-refractivity contribution in [1.29, 1.82) is 0 Å². The molecule has 1 amide bonds. The first-order chi connectivity index (χ1) is 8.39. The van der Waals surface area contributed by atoms with Gasteiger partial charge in [-0.25, -0.2) is 13.6 Å². The van der Waals surface area contributed by atoms with E-state index in [-0.39, 0.29) is 24.1 Å². The molecular weight excluding hydrogens is 244 g/mol. The second kappa shape index (κ2) is 4.36. The van der Waals surface area contributed by atoms with Crippen molar-refractivity contribution in [3.05, 3.63) is 35.4 Å². The lowest BCUT2D eigenvalue weighted by Gasteiger charge is -2.16. The third kappa shape index (κ3) is 2.47. The molecule has 4 nitrogen and oxygen atoms in total. The van der Waals surface area contributed by atoms with Gasteiger partial charge in [0.25, 0.3) is 11.8 Å². The van der Waals surface area contributed by atoms with Gasteiger partial charge in [-0.2, -0.15) is 0 Å². The molecule has 1 fully saturated rings. The number of hydrogen-bond acceptors (Lipinski definition) is 2. The summed E-state index contributed by atoms with van der Waals surface area (Å²) >= 11 is 0. The third-order valence-corrected chi connectivity index (χ3v) is 2.81. The second-order valence-corrected chi connectivity index (χ2v) is 4.22. The van der Waals surface area contributed by atoms with Crippen LogP contribution >= 0.6 is 0 Å². The molecule has 6 heteroatoms. The molecule has 0 bridgehead atoms. The predicted molar refractivity (Wildman–Crippen MR) is 58.9 cm³/mol. The van der Waals surface area contributed by atoms with Crippen molar-refractivity contribution >= 4 is 11.9 Å². The molecule has 1 aromatic carbocycles. The topological polar surface area (TPSA) is 57.6 Å². The van der Waals surface area contributed by atoms with Crippen LogP contribution in [0, 0.1) is 0 Å². The summed E-state index contributed by atoms with van der Waals surface area (Å²) in [6.07, 6.45) is -0.350. The molecule has 0 unspecified atom stereocenters. The van der Waals surface area contributed by atoms with E-state index in [0.29, 0.717) is 0 Å². The van der Waals surface area contributed by atoms with Crippen LogP contribution in [0.2, 0.25) is 0 Å². The number of alkyl halides is 2. The van der Waals surface area contributed by atoms with Gasteiger partial charge in [-0.3, -0.25) is 4.79 Å². The average molecular weight is 255 g/mol. The quantitative estimate of drug-likeness (QED) is 0.877. The number of carboxylic acids is 1. The summed E-state index contributed by atoms with van der Waals surface area (Å²) in [6, 6.07) is 5.38. The van der Waals surface area contributed by atoms with Crippen LogP contribution in [0.3, 0.4) is 0 Å². The number of rotatable bonds is 2. The van der Waals surface area contributed by atoms with Crippen LogP contribution in [-0.4, -0.2) is 40.9 Å². The van der Waals surface area contributed by atoms with Gasteiger partial charge in [0.15, 0.2) is 0 Å². The molecule has 0 saturated carbocycles. The number of carbonyl (C=O) groups excluding carboxylic acids is 1. The fraction of sp³-hybridized carbons (Fsp3) is 0.333. The fourth-order valence-corrected chi connectivity index (χ4v) is 1.88. The average Bonchev–Trinajstić information content (AvgIpc) is 2.69. The summed E-state index contributed by atoms with van der Waals surface area (Å²) in [5.74, 6) is -4.56. The lowest BCUT2D eigenvalue weighted by atomic mass is 10.1. The van der Waals surface area contributed by atoms with Gasteiger partial charge in [0.05, 0.1) is 12.1 Å². The molecule has 0 aliphatic carbocycles. The molecule has 18 heavy (non-hydrogen) atoms. The molecule has 0 atom stereocenters. The first-order valence-electron chi connectivity index (χ1n) is 5.39. The zero-order valence-electron chi connectivity index (χ0n) is 9.40. The Morgan fingerprint density at radius 2 is 1.94 bits per heavy atom. The number of carbonyl (C=O) groups is 2. The molecule has 2 rings (SSSR count). The van der Waals surface area contributed by atoms with E-state index in [0.717, 1.165) is 4.90 Å². The SMILES string of the molecule is O=C(O)c1cccc(C(=O)N2CCC(F)(F)C2)c1. The smallest absolute Gasteiger partial charge is 0.335 e. The zero-order valence-corrected chi connectivity index (χ0v) is 9.40. The van der Waals surface area contributed by atoms with Crippen molar-refractivity contribution in [2.24, 2.45) is 0 Å². The molecular formula is C12H11F2NO3. The number of benzene rings is 1. The first kappa shape index (κ1) is 12.5. The largest absolute Gasteiger partial charge is 0.478 e. The van der Waals surface area contributed by atoms with Crippen LogP contribution in [0.4, 0.5) is 8.78 Å². The summed E-state index contributed by atoms with van der Waals surface area (Å²) in [4.78, 5) is 23.7. The molecule has 0 radical (unpaired) electrons. The Morgan fingerprint density at radius 1 is 1.28 bits per heavy atom. The highest BCUT2D eigenvalue weighted by molar-refractivity contribution is 5.97. The lowest BCUT2D eigenvalue weighted by Crippen LogP contribution is -2.31. The predicted octanol–water partition coefficient (Wildman–Crippen LogP) is 1.87. The normalized spacial score (nSPS) is 17.8. The van der Waals surface area contributed by atoms with E-state index in [1.165, 1.54) is 24.3 Å². The lowest BCUT2D eigenvalue weighted by molar-refractivity contribution is 0.0120. The minimum Gasteiger partial charge on any atom is -0.478 e. The molecule has 96 valence electrons. The van der Waals surface area contributed by atoms with Gasteiger partial charge in [0, 0.05) is 18.5 Å². The number of likely N-dealkylation sites (tertiary alicyclic amines) is 1. The van der Waals surface area contributed by atoms with Crippen molar-refractivity contribution in [3.63, 3.8) is 0 Å². The third-order valence-electron chi connectivity index (χ3n) is 2.81. The maximum atomic E-state index is 13.0. The van der Waals surface area contributed by atoms with Gasteiger partial charge in [0.2, 0.25) is 0 Å². The van der Waals surface area contributed by atoms with Crippen LogP contribution in [0.25, 0.3) is 0 Å². The van der Waals surface area contributed by atoms with Crippen molar-refractivity contribution in [1.82, 2.24) is 4.90 Å². The zero-order chi connectivity index (χ0) is 13.3. The molecule has 1 aromatic rings. The van der Waals surface area contributed by atoms with Gasteiger partial charge in [0.1, 0.15) is 0 Å². The summed E-state index contributed by atoms with van der Waals surface area (Å²) in [6.45, 7) is -0.619. The minimum atomic E-state index is -2.85. The highest BCUT2D eigenvalue weighted by Crippen LogP contribution is 2.27. The molecule has 1 aliphatic rings. The Balaban J connectivity index is 2.19. The monoisotopic (exact) mass is 255 g/mol. The molecule has 0 aromatic heterocycles. The van der Waals surface area contributed by atoms with Gasteiger partial charge in [-0.15, -0.1) is 0 Å². The van der Waals surface area contributed by atoms with Crippen LogP contribution in [-0.2, 0) is 0 Å². The highest BCUT2D eigenvalue weighted by Gasteiger charge is 2.40. The maximum Gasteiger partial charge on any atom is 0.335 e. The number of amides is 1. The van der Waals surface area contributed by atoms with E-state index in [9.17, 15) is 18.4 Å². The van der Waals surface area contributed by atoms with Gasteiger partial charge < -0.3 is 10.0 Å². The van der Waals surface area contributed by atoms with Gasteiger partial charge in [-0.1, -0.05) is 6.07 Å². The number of hydrogen-bond donors (Lipinski definition) is 1. The number of nitrogens with zero attached hydrogens (tertiary/aromatic N) is 1. The van der Waals surface area contributed by atoms with Crippen molar-refractivity contribution in [3.8, 4) is 0 Å². The molecule has 0 spiro atoms. The van der Waals surface area contributed by atoms with Crippen molar-refractivity contribution in [2.75, 3.05) is 13.1 Å². The van der Waals surface area contributed by atoms with Crippen molar-refractivity contribution in [2.45, 2.75) is 12.3 Å². The summed E-state index contributed by atoms with van der Waals surface area (Å²) in [7, 11) is 0. The Kier molecular flexibility index (Phi) is 3.02. The van der Waals surface area contributed by atoms with Crippen LogP contribution in [0.15, 0.2) is 24.3 Å². The Labute approximate surface area is 102 Å². The van der Waals surface area contributed by atoms with Gasteiger partial charge >= 0.3 is 5.97 Å². The second-order valence-electron chi connectivity index (χ2n) is 4.22. The van der Waals surface area contributed by atoms with Crippen molar-refractivity contribution < 1.29 is 23.5 Å². The van der Waals surface area contributed by atoms with E-state index in [4.69, 9.17) is 5.11 Å². The van der Waals surface area contributed by atoms with Crippen LogP contribution in [0.5, 0.6) is 0 Å². The van der Waals surface area contributed by atoms with E-state index >= 15 is 0 Å². The van der Waals surface area contributed by atoms with E-state index in [1.54, 1.807) is 0 Å². The molecule has 1 aliphatic heterocycles. The molecule has 1 N–H and O–H groups in total.